The summed E-state index contributed by atoms with van der Waals surface area (Å²) in [6.07, 6.45) is 0. The molecule has 0 aromatic heterocycles. The maximum absolute atomic E-state index is 12.4. The number of anilines is 1. The van der Waals surface area contributed by atoms with Gasteiger partial charge in [0, 0.05) is 5.56 Å². The number of ether oxygens (including phenoxy) is 1. The molecule has 2 N–H and O–H groups in total. The Morgan fingerprint density at radius 2 is 1.52 bits per heavy atom. The van der Waals surface area contributed by atoms with Crippen molar-refractivity contribution in [3.8, 4) is 16.9 Å². The minimum atomic E-state index is -0.263. The molecule has 3 aromatic rings. The molecule has 0 fully saturated rings. The second kappa shape index (κ2) is 8.96. The Kier molecular flexibility index (Phi) is 6.18. The van der Waals surface area contributed by atoms with Crippen LogP contribution in [0.3, 0.4) is 0 Å². The van der Waals surface area contributed by atoms with E-state index in [1.165, 1.54) is 0 Å². The average molecular weight is 376 g/mol. The van der Waals surface area contributed by atoms with E-state index in [-0.39, 0.29) is 11.0 Å². The number of amides is 1. The van der Waals surface area contributed by atoms with Gasteiger partial charge in [-0.25, -0.2) is 0 Å². The first kappa shape index (κ1) is 18.6. The fourth-order valence-corrected chi connectivity index (χ4v) is 2.83. The Balaban J connectivity index is 1.64. The number of hydrogen-bond acceptors (Lipinski definition) is 3. The third-order valence-electron chi connectivity index (χ3n) is 3.92. The van der Waals surface area contributed by atoms with E-state index in [9.17, 15) is 4.79 Å². The molecule has 0 aliphatic carbocycles. The molecular formula is C22H20N2O2S. The maximum atomic E-state index is 12.4. The van der Waals surface area contributed by atoms with Crippen LogP contribution in [0.1, 0.15) is 17.3 Å². The molecule has 1 amide bonds. The molecule has 4 nitrogen and oxygen atoms in total. The Labute approximate surface area is 164 Å². The number of para-hydroxylation sites is 2. The molecule has 0 aliphatic rings. The number of carbonyl (C=O) groups is 1. The van der Waals surface area contributed by atoms with Crippen molar-refractivity contribution in [1.82, 2.24) is 5.32 Å². The largest absolute Gasteiger partial charge is 0.492 e. The molecule has 0 aliphatic heterocycles. The predicted octanol–water partition coefficient (Wildman–Crippen LogP) is 4.88. The summed E-state index contributed by atoms with van der Waals surface area (Å²) >= 11 is 5.26. The van der Waals surface area contributed by atoms with Crippen LogP contribution in [0.4, 0.5) is 5.69 Å². The first-order valence-electron chi connectivity index (χ1n) is 8.67. The molecule has 136 valence electrons. The Hall–Kier alpha value is -3.18. The lowest BCUT2D eigenvalue weighted by molar-refractivity contribution is 0.0977. The zero-order valence-electron chi connectivity index (χ0n) is 14.9. The number of thiocarbonyl (C=S) groups is 1. The van der Waals surface area contributed by atoms with Crippen molar-refractivity contribution in [2.75, 3.05) is 11.9 Å². The van der Waals surface area contributed by atoms with Crippen molar-refractivity contribution in [3.05, 3.63) is 84.4 Å². The van der Waals surface area contributed by atoms with Crippen molar-refractivity contribution in [1.29, 1.82) is 0 Å². The highest BCUT2D eigenvalue weighted by atomic mass is 32.1. The summed E-state index contributed by atoms with van der Waals surface area (Å²) in [6.45, 7) is 2.46. The van der Waals surface area contributed by atoms with E-state index in [1.807, 2.05) is 73.7 Å². The topological polar surface area (TPSA) is 50.4 Å². The molecule has 0 heterocycles. The van der Waals surface area contributed by atoms with Crippen molar-refractivity contribution < 1.29 is 9.53 Å². The SMILES string of the molecule is CCOc1ccccc1NC(=S)NC(=O)c1ccc(-c2ccccc2)cc1. The van der Waals surface area contributed by atoms with Crippen molar-refractivity contribution in [2.24, 2.45) is 0 Å². The fraction of sp³-hybridized carbons (Fsp3) is 0.0909. The molecule has 0 atom stereocenters. The molecule has 0 saturated carbocycles. The van der Waals surface area contributed by atoms with Gasteiger partial charge in [0.25, 0.3) is 5.91 Å². The highest BCUT2D eigenvalue weighted by Gasteiger charge is 2.10. The number of nitrogens with one attached hydrogen (secondary N) is 2. The Bertz CT molecular complexity index is 925. The first-order valence-corrected chi connectivity index (χ1v) is 9.08. The van der Waals surface area contributed by atoms with E-state index in [1.54, 1.807) is 12.1 Å². The van der Waals surface area contributed by atoms with Gasteiger partial charge in [0.1, 0.15) is 5.75 Å². The van der Waals surface area contributed by atoms with Gasteiger partial charge in [-0.3, -0.25) is 10.1 Å². The minimum Gasteiger partial charge on any atom is -0.492 e. The molecule has 0 saturated heterocycles. The highest BCUT2D eigenvalue weighted by Crippen LogP contribution is 2.23. The van der Waals surface area contributed by atoms with Gasteiger partial charge in [0.05, 0.1) is 12.3 Å². The summed E-state index contributed by atoms with van der Waals surface area (Å²) in [4.78, 5) is 12.4. The highest BCUT2D eigenvalue weighted by molar-refractivity contribution is 7.80. The molecule has 0 spiro atoms. The smallest absolute Gasteiger partial charge is 0.257 e. The average Bonchev–Trinajstić information content (AvgIpc) is 2.70. The van der Waals surface area contributed by atoms with E-state index < -0.39 is 0 Å². The van der Waals surface area contributed by atoms with E-state index in [0.717, 1.165) is 11.1 Å². The standard InChI is InChI=1S/C22H20N2O2S/c1-2-26-20-11-7-6-10-19(20)23-22(27)24-21(25)18-14-12-17(13-15-18)16-8-4-3-5-9-16/h3-15H,2H2,1H3,(H2,23,24,25,27). The number of benzene rings is 3. The predicted molar refractivity (Wildman–Crippen MR) is 113 cm³/mol. The number of hydrogen-bond donors (Lipinski definition) is 2. The first-order chi connectivity index (χ1) is 13.2. The molecule has 27 heavy (non-hydrogen) atoms. The minimum absolute atomic E-state index is 0.222. The van der Waals surface area contributed by atoms with Gasteiger partial charge < -0.3 is 10.1 Å². The normalized spacial score (nSPS) is 10.1. The monoisotopic (exact) mass is 376 g/mol. The fourth-order valence-electron chi connectivity index (χ4n) is 2.62. The van der Waals surface area contributed by atoms with Crippen LogP contribution in [0.25, 0.3) is 11.1 Å². The molecule has 3 aromatic carbocycles. The summed E-state index contributed by atoms with van der Waals surface area (Å²) in [5, 5.41) is 5.93. The van der Waals surface area contributed by atoms with Crippen molar-refractivity contribution in [2.45, 2.75) is 6.92 Å². The van der Waals surface area contributed by atoms with Crippen LogP contribution in [0.15, 0.2) is 78.9 Å². The third kappa shape index (κ3) is 4.92. The second-order valence-electron chi connectivity index (χ2n) is 5.78. The van der Waals surface area contributed by atoms with Gasteiger partial charge in [-0.1, -0.05) is 54.6 Å². The van der Waals surface area contributed by atoms with Crippen LogP contribution >= 0.6 is 12.2 Å². The molecular weight excluding hydrogens is 356 g/mol. The Morgan fingerprint density at radius 1 is 0.889 bits per heavy atom. The molecule has 0 unspecified atom stereocenters. The molecule has 5 heteroatoms. The van der Waals surface area contributed by atoms with Gasteiger partial charge in [0.15, 0.2) is 5.11 Å². The quantitative estimate of drug-likeness (QED) is 0.623. The number of rotatable bonds is 5. The zero-order valence-corrected chi connectivity index (χ0v) is 15.8. The third-order valence-corrected chi connectivity index (χ3v) is 4.12. The van der Waals surface area contributed by atoms with E-state index in [0.29, 0.717) is 23.6 Å². The second-order valence-corrected chi connectivity index (χ2v) is 6.19. The number of carbonyl (C=O) groups excluding carboxylic acids is 1. The zero-order chi connectivity index (χ0) is 19.1. The van der Waals surface area contributed by atoms with Gasteiger partial charge in [-0.05, 0) is 54.5 Å². The maximum Gasteiger partial charge on any atom is 0.257 e. The van der Waals surface area contributed by atoms with Crippen molar-refractivity contribution in [3.63, 3.8) is 0 Å². The van der Waals surface area contributed by atoms with Gasteiger partial charge in [0.2, 0.25) is 0 Å². The lowest BCUT2D eigenvalue weighted by atomic mass is 10.0. The summed E-state index contributed by atoms with van der Waals surface area (Å²) in [7, 11) is 0. The summed E-state index contributed by atoms with van der Waals surface area (Å²) in [5.74, 6) is 0.421. The molecule has 3 rings (SSSR count). The van der Waals surface area contributed by atoms with Gasteiger partial charge >= 0.3 is 0 Å². The lowest BCUT2D eigenvalue weighted by Gasteiger charge is -2.13. The van der Waals surface area contributed by atoms with Gasteiger partial charge in [-0.15, -0.1) is 0 Å². The van der Waals surface area contributed by atoms with E-state index in [4.69, 9.17) is 17.0 Å². The summed E-state index contributed by atoms with van der Waals surface area (Å²) in [6, 6.07) is 24.9. The van der Waals surface area contributed by atoms with Crippen LogP contribution < -0.4 is 15.4 Å². The van der Waals surface area contributed by atoms with Gasteiger partial charge in [-0.2, -0.15) is 0 Å². The summed E-state index contributed by atoms with van der Waals surface area (Å²) in [5.41, 5.74) is 3.41. The molecule has 0 radical (unpaired) electrons. The molecule has 0 bridgehead atoms. The van der Waals surface area contributed by atoms with E-state index >= 15 is 0 Å². The Morgan fingerprint density at radius 3 is 2.22 bits per heavy atom. The van der Waals surface area contributed by atoms with Crippen LogP contribution in [0, 0.1) is 0 Å². The van der Waals surface area contributed by atoms with Crippen LogP contribution in [0.2, 0.25) is 0 Å². The summed E-state index contributed by atoms with van der Waals surface area (Å²) < 4.78 is 5.55. The van der Waals surface area contributed by atoms with Crippen molar-refractivity contribution >= 4 is 28.9 Å². The lowest BCUT2D eigenvalue weighted by Crippen LogP contribution is -2.34. The van der Waals surface area contributed by atoms with E-state index in [2.05, 4.69) is 10.6 Å². The van der Waals surface area contributed by atoms with Crippen LogP contribution in [0.5, 0.6) is 5.75 Å². The van der Waals surface area contributed by atoms with Crippen LogP contribution in [-0.2, 0) is 0 Å². The van der Waals surface area contributed by atoms with Crippen LogP contribution in [-0.4, -0.2) is 17.6 Å².